The van der Waals surface area contributed by atoms with E-state index in [0.29, 0.717) is 49.4 Å². The summed E-state index contributed by atoms with van der Waals surface area (Å²) in [5.41, 5.74) is 0.457. The van der Waals surface area contributed by atoms with Crippen LogP contribution in [-0.4, -0.2) is 46.9 Å². The summed E-state index contributed by atoms with van der Waals surface area (Å²) in [6.07, 6.45) is 3.02. The summed E-state index contributed by atoms with van der Waals surface area (Å²) in [5, 5.41) is 6.70. The van der Waals surface area contributed by atoms with Crippen LogP contribution in [0.5, 0.6) is 0 Å². The lowest BCUT2D eigenvalue weighted by Gasteiger charge is -2.32. The van der Waals surface area contributed by atoms with Crippen molar-refractivity contribution in [2.45, 2.75) is 45.6 Å². The highest BCUT2D eigenvalue weighted by molar-refractivity contribution is 6.31. The van der Waals surface area contributed by atoms with Gasteiger partial charge in [-0.15, -0.1) is 0 Å². The third-order valence-electron chi connectivity index (χ3n) is 4.61. The number of piperidine rings is 1. The van der Waals surface area contributed by atoms with E-state index in [2.05, 4.69) is 29.3 Å². The van der Waals surface area contributed by atoms with Crippen LogP contribution in [0.4, 0.5) is 14.9 Å². The summed E-state index contributed by atoms with van der Waals surface area (Å²) in [7, 11) is 0. The first-order valence-corrected chi connectivity index (χ1v) is 10.2. The average Bonchev–Trinajstić information content (AvgIpc) is 3.11. The molecule has 2 amide bonds. The Kier molecular flexibility index (Phi) is 7.44. The van der Waals surface area contributed by atoms with Crippen LogP contribution in [0.15, 0.2) is 22.7 Å². The molecule has 1 N–H and O–H groups in total. The molecule has 158 valence electrons. The first kappa shape index (κ1) is 21.5. The number of carbonyl (C=O) groups is 1. The van der Waals surface area contributed by atoms with Crippen molar-refractivity contribution in [3.63, 3.8) is 0 Å². The maximum Gasteiger partial charge on any atom is 0.321 e. The Balaban J connectivity index is 1.44. The van der Waals surface area contributed by atoms with Gasteiger partial charge in [-0.05, 0) is 37.0 Å². The minimum Gasteiger partial charge on any atom is -0.376 e. The van der Waals surface area contributed by atoms with Gasteiger partial charge in [-0.3, -0.25) is 0 Å². The molecule has 1 aromatic carbocycles. The Labute approximate surface area is 174 Å². The number of urea groups is 1. The van der Waals surface area contributed by atoms with Gasteiger partial charge in [0.1, 0.15) is 5.82 Å². The number of anilines is 1. The number of nitrogens with one attached hydrogen (secondary N) is 1. The van der Waals surface area contributed by atoms with Gasteiger partial charge in [0.15, 0.2) is 5.82 Å². The number of hydrogen-bond acceptors (Lipinski definition) is 5. The lowest BCUT2D eigenvalue weighted by atomic mass is 10.1. The molecule has 1 aliphatic rings. The van der Waals surface area contributed by atoms with Crippen molar-refractivity contribution in [2.24, 2.45) is 5.92 Å². The fourth-order valence-corrected chi connectivity index (χ4v) is 3.36. The van der Waals surface area contributed by atoms with Gasteiger partial charge >= 0.3 is 6.03 Å². The number of likely N-dealkylation sites (tertiary alicyclic amines) is 1. The molecule has 0 saturated carbocycles. The topological polar surface area (TPSA) is 80.5 Å². The van der Waals surface area contributed by atoms with Crippen molar-refractivity contribution in [3.05, 3.63) is 40.8 Å². The van der Waals surface area contributed by atoms with E-state index in [1.807, 2.05) is 0 Å². The van der Waals surface area contributed by atoms with Crippen molar-refractivity contribution in [3.8, 4) is 0 Å². The van der Waals surface area contributed by atoms with E-state index in [-0.39, 0.29) is 17.2 Å². The maximum atomic E-state index is 13.3. The van der Waals surface area contributed by atoms with Crippen molar-refractivity contribution >= 4 is 23.3 Å². The number of amides is 2. The third-order valence-corrected chi connectivity index (χ3v) is 4.90. The maximum absolute atomic E-state index is 13.3. The van der Waals surface area contributed by atoms with Crippen LogP contribution in [0.2, 0.25) is 5.02 Å². The van der Waals surface area contributed by atoms with E-state index >= 15 is 0 Å². The monoisotopic (exact) mass is 424 g/mol. The molecule has 1 aromatic heterocycles. The van der Waals surface area contributed by atoms with E-state index in [1.165, 1.54) is 18.2 Å². The number of benzene rings is 1. The van der Waals surface area contributed by atoms with E-state index in [4.69, 9.17) is 20.9 Å². The summed E-state index contributed by atoms with van der Waals surface area (Å²) >= 11 is 5.76. The van der Waals surface area contributed by atoms with Crippen LogP contribution >= 0.6 is 11.6 Å². The highest BCUT2D eigenvalue weighted by Crippen LogP contribution is 2.21. The first-order chi connectivity index (χ1) is 13.9. The minimum atomic E-state index is -0.519. The SMILES string of the molecule is CC(C)Cc1nc(CCOC2CCCN(C(=O)Nc3ccc(F)c(Cl)c3)C2)no1. The van der Waals surface area contributed by atoms with Crippen LogP contribution in [-0.2, 0) is 17.6 Å². The molecular weight excluding hydrogens is 399 g/mol. The van der Waals surface area contributed by atoms with Crippen molar-refractivity contribution in [1.29, 1.82) is 0 Å². The molecule has 1 atom stereocenters. The quantitative estimate of drug-likeness (QED) is 0.716. The highest BCUT2D eigenvalue weighted by Gasteiger charge is 2.24. The lowest BCUT2D eigenvalue weighted by molar-refractivity contribution is 0.0120. The third kappa shape index (κ3) is 6.40. The Bertz CT molecular complexity index is 830. The summed E-state index contributed by atoms with van der Waals surface area (Å²) < 4.78 is 24.4. The number of nitrogens with zero attached hydrogens (tertiary/aromatic N) is 3. The molecule has 0 aliphatic carbocycles. The van der Waals surface area contributed by atoms with E-state index < -0.39 is 5.82 Å². The summed E-state index contributed by atoms with van der Waals surface area (Å²) in [5.74, 6) is 1.23. The minimum absolute atomic E-state index is 0.0272. The van der Waals surface area contributed by atoms with Gasteiger partial charge in [-0.2, -0.15) is 4.98 Å². The predicted octanol–water partition coefficient (Wildman–Crippen LogP) is 4.32. The van der Waals surface area contributed by atoms with E-state index in [0.717, 1.165) is 19.3 Å². The average molecular weight is 425 g/mol. The van der Waals surface area contributed by atoms with Crippen LogP contribution in [0, 0.1) is 11.7 Å². The molecule has 1 fully saturated rings. The highest BCUT2D eigenvalue weighted by atomic mass is 35.5. The number of aromatic nitrogens is 2. The predicted molar refractivity (Wildman–Crippen MR) is 108 cm³/mol. The normalized spacial score (nSPS) is 17.0. The van der Waals surface area contributed by atoms with Crippen LogP contribution in [0.3, 0.4) is 0 Å². The number of hydrogen-bond donors (Lipinski definition) is 1. The molecule has 1 unspecified atom stereocenters. The smallest absolute Gasteiger partial charge is 0.321 e. The fourth-order valence-electron chi connectivity index (χ4n) is 3.18. The zero-order valence-corrected chi connectivity index (χ0v) is 17.4. The van der Waals surface area contributed by atoms with Gasteiger partial charge in [0.05, 0.1) is 17.7 Å². The van der Waals surface area contributed by atoms with Gasteiger partial charge in [-0.1, -0.05) is 30.6 Å². The van der Waals surface area contributed by atoms with Crippen molar-refractivity contribution < 1.29 is 18.4 Å². The summed E-state index contributed by atoms with van der Waals surface area (Å²) in [6.45, 7) is 5.80. The number of rotatable bonds is 7. The Morgan fingerprint density at radius 2 is 2.31 bits per heavy atom. The Hall–Kier alpha value is -2.19. The Morgan fingerprint density at radius 1 is 1.48 bits per heavy atom. The van der Waals surface area contributed by atoms with Crippen molar-refractivity contribution in [2.75, 3.05) is 25.0 Å². The van der Waals surface area contributed by atoms with Crippen molar-refractivity contribution in [1.82, 2.24) is 15.0 Å². The zero-order valence-electron chi connectivity index (χ0n) is 16.7. The second-order valence-electron chi connectivity index (χ2n) is 7.59. The molecular formula is C20H26ClFN4O3. The van der Waals surface area contributed by atoms with Gasteiger partial charge in [0, 0.05) is 31.6 Å². The summed E-state index contributed by atoms with van der Waals surface area (Å²) in [4.78, 5) is 18.5. The van der Waals surface area contributed by atoms with Crippen LogP contribution in [0.1, 0.15) is 38.4 Å². The molecule has 29 heavy (non-hydrogen) atoms. The standard InChI is InChI=1S/C20H26ClFN4O3/c1-13(2)10-19-24-18(25-29-19)7-9-28-15-4-3-8-26(12-15)20(27)23-14-5-6-17(22)16(21)11-14/h5-6,11,13,15H,3-4,7-10,12H2,1-2H3,(H,23,27). The molecule has 0 radical (unpaired) electrons. The molecule has 0 bridgehead atoms. The largest absolute Gasteiger partial charge is 0.376 e. The van der Waals surface area contributed by atoms with Gasteiger partial charge in [-0.25, -0.2) is 9.18 Å². The molecule has 3 rings (SSSR count). The fraction of sp³-hybridized carbons (Fsp3) is 0.550. The molecule has 2 heterocycles. The second-order valence-corrected chi connectivity index (χ2v) is 8.00. The molecule has 7 nitrogen and oxygen atoms in total. The summed E-state index contributed by atoms with van der Waals surface area (Å²) in [6, 6.07) is 3.85. The Morgan fingerprint density at radius 3 is 3.07 bits per heavy atom. The lowest BCUT2D eigenvalue weighted by Crippen LogP contribution is -2.45. The van der Waals surface area contributed by atoms with Gasteiger partial charge < -0.3 is 19.5 Å². The molecule has 9 heteroatoms. The van der Waals surface area contributed by atoms with Crippen LogP contribution in [0.25, 0.3) is 0 Å². The zero-order chi connectivity index (χ0) is 20.8. The van der Waals surface area contributed by atoms with E-state index in [1.54, 1.807) is 4.90 Å². The first-order valence-electron chi connectivity index (χ1n) is 9.84. The second kappa shape index (κ2) is 10.0. The van der Waals surface area contributed by atoms with Crippen LogP contribution < -0.4 is 5.32 Å². The van der Waals surface area contributed by atoms with E-state index in [9.17, 15) is 9.18 Å². The number of halogens is 2. The number of carbonyl (C=O) groups excluding carboxylic acids is 1. The van der Waals surface area contributed by atoms with Gasteiger partial charge in [0.2, 0.25) is 5.89 Å². The molecule has 0 spiro atoms. The van der Waals surface area contributed by atoms with Gasteiger partial charge in [0.25, 0.3) is 0 Å². The number of ether oxygens (including phenoxy) is 1. The molecule has 2 aromatic rings. The molecule has 1 aliphatic heterocycles. The molecule has 1 saturated heterocycles.